The van der Waals surface area contributed by atoms with Gasteiger partial charge in [-0.05, 0) is 96.7 Å². The molecule has 0 saturated heterocycles. The summed E-state index contributed by atoms with van der Waals surface area (Å²) in [6.45, 7) is -9.25. The van der Waals surface area contributed by atoms with E-state index in [2.05, 4.69) is 0 Å². The van der Waals surface area contributed by atoms with E-state index in [9.17, 15) is 0 Å². The first kappa shape index (κ1) is 15.0. The summed E-state index contributed by atoms with van der Waals surface area (Å²) in [6, 6.07) is 18.9. The van der Waals surface area contributed by atoms with Gasteiger partial charge in [0, 0.05) is 41.7 Å². The van der Waals surface area contributed by atoms with Crippen LogP contribution in [0.5, 0.6) is 11.5 Å². The number of nitrogens with zero attached hydrogens (tertiary/aromatic N) is 1. The highest BCUT2D eigenvalue weighted by Gasteiger charge is 2.43. The average molecular weight is 588 g/mol. The maximum atomic E-state index is 8.53. The van der Waals surface area contributed by atoms with Crippen LogP contribution >= 0.6 is 0 Å². The van der Waals surface area contributed by atoms with Crippen molar-refractivity contribution in [1.29, 1.82) is 0 Å². The SMILES string of the molecule is [2H]C([2H])([2H])C(C)(C)c1ccc(N2c3ccc(C(C)(C)C([2H])([2H])[2H])cc3B3c4cc(C(C)(C([2H])([2H])[2H])C([2H])([2H])[2H])ccc4Oc4cc(C(C)(C([2H])([2H])[2H])C([2H])([2H])[2H])cc2c43)cc1. The summed E-state index contributed by atoms with van der Waals surface area (Å²) in [5.41, 5.74) is -4.29. The molecule has 2 nitrogen and oxygen atoms in total. The fourth-order valence-electron chi connectivity index (χ4n) is 6.05. The summed E-state index contributed by atoms with van der Waals surface area (Å²) in [7, 11) is 0. The number of benzene rings is 4. The standard InChI is InChI=1S/C40H48BNO/c1-37(2,3)25-13-17-29(18-14-25)42-32-19-15-26(38(4,5)6)21-30(32)41-31-22-27(39(7,8)9)16-20-34(31)43-35-24-28(40(10,11)12)23-33(42)36(35)41/h13-24H,1-12H3/i1D3,4D3,7D3,8D3,10D3,11D3. The Bertz CT molecular complexity index is 2340. The van der Waals surface area contributed by atoms with Crippen LogP contribution in [0.15, 0.2) is 72.8 Å². The van der Waals surface area contributed by atoms with Crippen LogP contribution < -0.4 is 26.0 Å². The van der Waals surface area contributed by atoms with Crippen LogP contribution in [-0.2, 0) is 21.7 Å². The normalized spacial score (nSPS) is 22.6. The van der Waals surface area contributed by atoms with Gasteiger partial charge in [0.25, 0.3) is 6.71 Å². The molecule has 0 aromatic heterocycles. The molecule has 4 aromatic rings. The molecule has 0 radical (unpaired) electrons. The summed E-state index contributed by atoms with van der Waals surface area (Å²) < 4.78 is 158. The molecule has 2 aliphatic rings. The van der Waals surface area contributed by atoms with Crippen molar-refractivity contribution in [3.05, 3.63) is 95.1 Å². The van der Waals surface area contributed by atoms with E-state index < -0.39 is 69.5 Å². The zero-order valence-corrected chi connectivity index (χ0v) is 25.4. The van der Waals surface area contributed by atoms with Gasteiger partial charge in [-0.2, -0.15) is 0 Å². The molecular weight excluding hydrogens is 521 g/mol. The second kappa shape index (κ2) is 9.52. The van der Waals surface area contributed by atoms with Crippen LogP contribution in [0.3, 0.4) is 0 Å². The Hall–Kier alpha value is -3.46. The Morgan fingerprint density at radius 2 is 1.09 bits per heavy atom. The number of hydrogen-bond donors (Lipinski definition) is 0. The van der Waals surface area contributed by atoms with Crippen molar-refractivity contribution in [3.63, 3.8) is 0 Å². The second-order valence-electron chi connectivity index (χ2n) is 13.4. The number of ether oxygens (including phenoxy) is 1. The topological polar surface area (TPSA) is 12.5 Å². The fourth-order valence-corrected chi connectivity index (χ4v) is 6.05. The van der Waals surface area contributed by atoms with Crippen molar-refractivity contribution in [2.75, 3.05) is 4.90 Å². The first-order chi connectivity index (χ1) is 27.3. The van der Waals surface area contributed by atoms with Gasteiger partial charge < -0.3 is 9.64 Å². The minimum atomic E-state index is -3.06. The third-order valence-electron chi connectivity index (χ3n) is 8.49. The molecule has 0 unspecified atom stereocenters. The maximum Gasteiger partial charge on any atom is 0.256 e. The van der Waals surface area contributed by atoms with Gasteiger partial charge in [0.05, 0.1) is 0 Å². The molecule has 0 fully saturated rings. The molecule has 0 atom stereocenters. The van der Waals surface area contributed by atoms with Crippen molar-refractivity contribution in [2.24, 2.45) is 0 Å². The van der Waals surface area contributed by atoms with Crippen molar-refractivity contribution in [3.8, 4) is 11.5 Å². The summed E-state index contributed by atoms with van der Waals surface area (Å²) >= 11 is 0. The second-order valence-corrected chi connectivity index (χ2v) is 13.4. The van der Waals surface area contributed by atoms with E-state index in [4.69, 9.17) is 29.4 Å². The van der Waals surface area contributed by atoms with Gasteiger partial charge in [0.1, 0.15) is 11.5 Å². The number of anilines is 3. The van der Waals surface area contributed by atoms with Crippen molar-refractivity contribution in [2.45, 2.75) is 104 Å². The largest absolute Gasteiger partial charge is 0.458 e. The molecule has 3 heteroatoms. The fraction of sp³-hybridized carbons (Fsp3) is 0.400. The minimum Gasteiger partial charge on any atom is -0.458 e. The molecular formula is C40H48BNO. The Morgan fingerprint density at radius 1 is 0.535 bits per heavy atom. The first-order valence-corrected chi connectivity index (χ1v) is 14.4. The zero-order chi connectivity index (χ0) is 46.3. The van der Waals surface area contributed by atoms with Crippen molar-refractivity contribution in [1.82, 2.24) is 0 Å². The Labute approximate surface area is 285 Å². The highest BCUT2D eigenvalue weighted by atomic mass is 16.5. The Balaban J connectivity index is 1.77. The highest BCUT2D eigenvalue weighted by Crippen LogP contribution is 2.44. The van der Waals surface area contributed by atoms with Crippen LogP contribution in [0.1, 0.15) is 130 Å². The molecule has 43 heavy (non-hydrogen) atoms. The summed E-state index contributed by atoms with van der Waals surface area (Å²) in [5.74, 6) is 0.228. The molecule has 222 valence electrons. The molecule has 0 saturated carbocycles. The predicted molar refractivity (Wildman–Crippen MR) is 187 cm³/mol. The van der Waals surface area contributed by atoms with Crippen molar-refractivity contribution >= 4 is 40.2 Å². The molecule has 6 rings (SSSR count). The lowest BCUT2D eigenvalue weighted by molar-refractivity contribution is 0.482. The summed E-state index contributed by atoms with van der Waals surface area (Å²) in [5, 5.41) is 0. The van der Waals surface area contributed by atoms with E-state index in [0.29, 0.717) is 38.9 Å². The predicted octanol–water partition coefficient (Wildman–Crippen LogP) is 9.28. The molecule has 2 heterocycles. The maximum absolute atomic E-state index is 8.53. The lowest BCUT2D eigenvalue weighted by atomic mass is 9.33. The van der Waals surface area contributed by atoms with Gasteiger partial charge in [-0.25, -0.2) is 0 Å². The van der Waals surface area contributed by atoms with E-state index in [0.717, 1.165) is 13.8 Å². The lowest BCUT2D eigenvalue weighted by Gasteiger charge is -2.42. The van der Waals surface area contributed by atoms with Gasteiger partial charge in [-0.15, -0.1) is 0 Å². The summed E-state index contributed by atoms with van der Waals surface area (Å²) in [4.78, 5) is 1.75. The number of fused-ring (bicyclic) bond motifs is 4. The smallest absolute Gasteiger partial charge is 0.256 e. The lowest BCUT2D eigenvalue weighted by Crippen LogP contribution is -2.60. The minimum absolute atomic E-state index is 0.0377. The first-order valence-electron chi connectivity index (χ1n) is 23.4. The number of hydrogen-bond acceptors (Lipinski definition) is 2. The van der Waals surface area contributed by atoms with E-state index in [1.807, 2.05) is 0 Å². The van der Waals surface area contributed by atoms with E-state index in [1.165, 1.54) is 30.3 Å². The monoisotopic (exact) mass is 587 g/mol. The molecule has 2 aliphatic heterocycles. The molecule has 0 bridgehead atoms. The van der Waals surface area contributed by atoms with E-state index in [-0.39, 0.29) is 28.3 Å². The van der Waals surface area contributed by atoms with Gasteiger partial charge >= 0.3 is 0 Å². The Kier molecular flexibility index (Phi) is 3.33. The van der Waals surface area contributed by atoms with Crippen LogP contribution in [0, 0.1) is 0 Å². The highest BCUT2D eigenvalue weighted by molar-refractivity contribution is 6.99. The van der Waals surface area contributed by atoms with Crippen LogP contribution in [-0.4, -0.2) is 6.71 Å². The Morgan fingerprint density at radius 3 is 1.77 bits per heavy atom. The molecule has 0 N–H and O–H groups in total. The summed E-state index contributed by atoms with van der Waals surface area (Å²) in [6.07, 6.45) is 0. The quantitative estimate of drug-likeness (QED) is 0.178. The third kappa shape index (κ3) is 5.09. The molecule has 0 spiro atoms. The molecule has 0 amide bonds. The van der Waals surface area contributed by atoms with Crippen LogP contribution in [0.2, 0.25) is 0 Å². The van der Waals surface area contributed by atoms with Gasteiger partial charge in [-0.3, -0.25) is 0 Å². The van der Waals surface area contributed by atoms with Gasteiger partial charge in [-0.1, -0.05) is 119 Å². The van der Waals surface area contributed by atoms with Crippen LogP contribution in [0.25, 0.3) is 0 Å². The number of rotatable bonds is 1. The average Bonchev–Trinajstić information content (AvgIpc) is 3.10. The zero-order valence-electron chi connectivity index (χ0n) is 43.4. The third-order valence-corrected chi connectivity index (χ3v) is 8.49. The van der Waals surface area contributed by atoms with E-state index in [1.54, 1.807) is 75.1 Å². The van der Waals surface area contributed by atoms with E-state index >= 15 is 0 Å². The van der Waals surface area contributed by atoms with Crippen molar-refractivity contribution < 1.29 is 29.4 Å². The molecule has 0 aliphatic carbocycles. The van der Waals surface area contributed by atoms with Gasteiger partial charge in [0.2, 0.25) is 0 Å². The molecule has 4 aromatic carbocycles. The van der Waals surface area contributed by atoms with Crippen LogP contribution in [0.4, 0.5) is 17.1 Å². The van der Waals surface area contributed by atoms with Gasteiger partial charge in [0.15, 0.2) is 0 Å².